The van der Waals surface area contributed by atoms with E-state index in [1.165, 1.54) is 6.07 Å². The molecule has 10 nitrogen and oxygen atoms in total. The van der Waals surface area contributed by atoms with Crippen molar-refractivity contribution in [3.8, 4) is 0 Å². The molecular weight excluding hydrogens is 447 g/mol. The maximum atomic E-state index is 14.9. The number of nitrogens with two attached hydrogens (primary N) is 1. The molecule has 0 amide bonds. The summed E-state index contributed by atoms with van der Waals surface area (Å²) < 4.78 is 63.4. The number of phosphoric acid groups is 1. The standard InChI is InChI=1S/C16H22F2N3O7PS/c1-15(2,3)13(22)30-7-6-25-29(24)26-8-9-11(28-29)16(17,18)12(27-9)21-5-4-10(19)20-14(21)23/h4-5,9,11-12H,6-8H2,1-3H3,(H2,19,20,23)/t9-,11-,12-,29?/m1/s1. The summed E-state index contributed by atoms with van der Waals surface area (Å²) >= 11 is 0.966. The fraction of sp³-hybridized carbons (Fsp3) is 0.688. The van der Waals surface area contributed by atoms with Gasteiger partial charge in [-0.3, -0.25) is 22.9 Å². The van der Waals surface area contributed by atoms with Crippen molar-refractivity contribution in [1.82, 2.24) is 9.55 Å². The average molecular weight is 469 g/mol. The van der Waals surface area contributed by atoms with Gasteiger partial charge in [0, 0.05) is 17.4 Å². The Bertz CT molecular complexity index is 923. The summed E-state index contributed by atoms with van der Waals surface area (Å²) in [6.07, 6.45) is -4.25. The Hall–Kier alpha value is -1.37. The molecule has 30 heavy (non-hydrogen) atoms. The third-order valence-corrected chi connectivity index (χ3v) is 6.97. The highest BCUT2D eigenvalue weighted by molar-refractivity contribution is 8.13. The summed E-state index contributed by atoms with van der Waals surface area (Å²) in [5.41, 5.74) is 3.78. The molecule has 0 saturated carbocycles. The number of nitrogens with zero attached hydrogens (tertiary/aromatic N) is 2. The predicted molar refractivity (Wildman–Crippen MR) is 103 cm³/mol. The quantitative estimate of drug-likeness (QED) is 0.506. The summed E-state index contributed by atoms with van der Waals surface area (Å²) in [5, 5.41) is -0.101. The Morgan fingerprint density at radius 2 is 2.20 bits per heavy atom. The van der Waals surface area contributed by atoms with Crippen LogP contribution < -0.4 is 11.4 Å². The van der Waals surface area contributed by atoms with Crippen LogP contribution in [0.5, 0.6) is 0 Å². The fourth-order valence-electron chi connectivity index (χ4n) is 2.74. The van der Waals surface area contributed by atoms with E-state index in [2.05, 4.69) is 4.98 Å². The minimum absolute atomic E-state index is 0.101. The number of carbonyl (C=O) groups is 1. The highest BCUT2D eigenvalue weighted by atomic mass is 32.2. The number of aromatic nitrogens is 2. The molecule has 3 rings (SSSR count). The van der Waals surface area contributed by atoms with Gasteiger partial charge in [0.05, 0.1) is 13.2 Å². The third-order valence-electron chi connectivity index (χ3n) is 4.27. The Morgan fingerprint density at radius 3 is 2.83 bits per heavy atom. The smallest absolute Gasteiger partial charge is 0.383 e. The number of hydrogen-bond acceptors (Lipinski definition) is 10. The molecule has 4 atom stereocenters. The van der Waals surface area contributed by atoms with Crippen molar-refractivity contribution >= 4 is 30.5 Å². The molecule has 14 heteroatoms. The number of fused-ring (bicyclic) bond motifs is 1. The van der Waals surface area contributed by atoms with Gasteiger partial charge in [-0.25, -0.2) is 9.36 Å². The van der Waals surface area contributed by atoms with Crippen LogP contribution in [0.15, 0.2) is 17.1 Å². The zero-order valence-electron chi connectivity index (χ0n) is 16.4. The van der Waals surface area contributed by atoms with E-state index in [-0.39, 0.29) is 23.3 Å². The van der Waals surface area contributed by atoms with Gasteiger partial charge in [0.1, 0.15) is 11.9 Å². The van der Waals surface area contributed by atoms with Crippen molar-refractivity contribution in [2.45, 2.75) is 45.1 Å². The molecule has 1 aromatic rings. The second kappa shape index (κ2) is 8.29. The van der Waals surface area contributed by atoms with E-state index < -0.39 is 49.9 Å². The molecule has 2 aliphatic heterocycles. The Labute approximate surface area is 175 Å². The van der Waals surface area contributed by atoms with E-state index in [1.54, 1.807) is 20.8 Å². The molecule has 2 aliphatic rings. The Morgan fingerprint density at radius 1 is 1.50 bits per heavy atom. The molecule has 2 saturated heterocycles. The van der Waals surface area contributed by atoms with Gasteiger partial charge >= 0.3 is 19.4 Å². The van der Waals surface area contributed by atoms with Gasteiger partial charge in [-0.1, -0.05) is 32.5 Å². The van der Waals surface area contributed by atoms with Crippen LogP contribution in [-0.4, -0.2) is 51.8 Å². The summed E-state index contributed by atoms with van der Waals surface area (Å²) in [6, 6.07) is 1.17. The molecule has 1 aromatic heterocycles. The first kappa shape index (κ1) is 23.3. The molecule has 3 heterocycles. The van der Waals surface area contributed by atoms with Crippen LogP contribution in [0.25, 0.3) is 0 Å². The maximum absolute atomic E-state index is 14.9. The van der Waals surface area contributed by atoms with Crippen molar-refractivity contribution in [2.24, 2.45) is 5.41 Å². The fourth-order valence-corrected chi connectivity index (χ4v) is 5.04. The largest absolute Gasteiger partial charge is 0.475 e. The van der Waals surface area contributed by atoms with Crippen LogP contribution in [-0.2, 0) is 27.7 Å². The monoisotopic (exact) mass is 469 g/mol. The molecule has 0 aromatic carbocycles. The van der Waals surface area contributed by atoms with Gasteiger partial charge in [0.2, 0.25) is 6.23 Å². The van der Waals surface area contributed by atoms with Gasteiger partial charge in [-0.2, -0.15) is 13.8 Å². The normalized spacial score (nSPS) is 30.8. The van der Waals surface area contributed by atoms with Crippen LogP contribution in [0.1, 0.15) is 27.0 Å². The number of hydrogen-bond donors (Lipinski definition) is 1. The van der Waals surface area contributed by atoms with Crippen molar-refractivity contribution in [1.29, 1.82) is 0 Å². The molecule has 0 radical (unpaired) electrons. The van der Waals surface area contributed by atoms with Gasteiger partial charge in [0.25, 0.3) is 0 Å². The van der Waals surface area contributed by atoms with Crippen molar-refractivity contribution in [3.05, 3.63) is 22.7 Å². The lowest BCUT2D eigenvalue weighted by Gasteiger charge is -2.31. The average Bonchev–Trinajstić information content (AvgIpc) is 2.88. The lowest BCUT2D eigenvalue weighted by molar-refractivity contribution is -0.138. The molecule has 2 fully saturated rings. The topological polar surface area (TPSA) is 132 Å². The first-order valence-electron chi connectivity index (χ1n) is 8.96. The summed E-state index contributed by atoms with van der Waals surface area (Å²) in [5.74, 6) is -3.72. The van der Waals surface area contributed by atoms with Gasteiger partial charge in [-0.15, -0.1) is 0 Å². The molecule has 2 N–H and O–H groups in total. The van der Waals surface area contributed by atoms with E-state index in [0.717, 1.165) is 18.0 Å². The van der Waals surface area contributed by atoms with Gasteiger partial charge < -0.3 is 10.5 Å². The van der Waals surface area contributed by atoms with Crippen LogP contribution >= 0.6 is 19.6 Å². The molecular formula is C16H22F2N3O7PS. The number of anilines is 1. The van der Waals surface area contributed by atoms with Gasteiger partial charge in [0.15, 0.2) is 11.2 Å². The lowest BCUT2D eigenvalue weighted by Crippen LogP contribution is -2.45. The molecule has 168 valence electrons. The second-order valence-corrected chi connectivity index (χ2v) is 10.4. The number of ether oxygens (including phenoxy) is 1. The minimum Gasteiger partial charge on any atom is -0.383 e. The molecule has 0 bridgehead atoms. The van der Waals surface area contributed by atoms with E-state index >= 15 is 0 Å². The summed E-state index contributed by atoms with van der Waals surface area (Å²) in [4.78, 5) is 27.2. The summed E-state index contributed by atoms with van der Waals surface area (Å²) in [6.45, 7) is 4.55. The predicted octanol–water partition coefficient (Wildman–Crippen LogP) is 2.20. The number of phosphoric ester groups is 1. The molecule has 0 aliphatic carbocycles. The zero-order valence-corrected chi connectivity index (χ0v) is 18.2. The maximum Gasteiger partial charge on any atom is 0.475 e. The van der Waals surface area contributed by atoms with Crippen molar-refractivity contribution < 1.29 is 36.4 Å². The van der Waals surface area contributed by atoms with E-state index in [1.807, 2.05) is 0 Å². The van der Waals surface area contributed by atoms with Crippen molar-refractivity contribution in [3.63, 3.8) is 0 Å². The Balaban J connectivity index is 1.65. The SMILES string of the molecule is CC(C)(C)C(=O)SCCOP1(=O)OC[C@H]2O[C@@H](n3ccc(N)nc3=O)C(F)(F)[C@@H]2O1. The number of halogens is 2. The number of rotatable bonds is 5. The Kier molecular flexibility index (Phi) is 6.43. The van der Waals surface area contributed by atoms with Crippen LogP contribution in [0.2, 0.25) is 0 Å². The summed E-state index contributed by atoms with van der Waals surface area (Å²) in [7, 11) is -4.31. The molecule has 0 spiro atoms. The van der Waals surface area contributed by atoms with E-state index in [4.69, 9.17) is 24.0 Å². The number of carbonyl (C=O) groups excluding carboxylic acids is 1. The van der Waals surface area contributed by atoms with E-state index in [0.29, 0.717) is 4.57 Å². The third kappa shape index (κ3) is 4.76. The first-order valence-corrected chi connectivity index (χ1v) is 11.4. The van der Waals surface area contributed by atoms with Crippen LogP contribution in [0, 0.1) is 5.41 Å². The second-order valence-electron chi connectivity index (χ2n) is 7.73. The number of nitrogen functional groups attached to an aromatic ring is 1. The minimum atomic E-state index is -4.31. The highest BCUT2D eigenvalue weighted by Crippen LogP contribution is 2.59. The number of thioether (sulfide) groups is 1. The van der Waals surface area contributed by atoms with E-state index in [9.17, 15) is 22.9 Å². The van der Waals surface area contributed by atoms with Gasteiger partial charge in [-0.05, 0) is 6.07 Å². The zero-order chi connectivity index (χ0) is 22.3. The molecule has 1 unspecified atom stereocenters. The highest BCUT2D eigenvalue weighted by Gasteiger charge is 2.65. The number of alkyl halides is 2. The lowest BCUT2D eigenvalue weighted by atomic mass is 10.00. The van der Waals surface area contributed by atoms with Crippen molar-refractivity contribution in [2.75, 3.05) is 24.7 Å². The van der Waals surface area contributed by atoms with Crippen LogP contribution in [0.4, 0.5) is 14.6 Å². The van der Waals surface area contributed by atoms with Crippen LogP contribution in [0.3, 0.4) is 0 Å². The first-order chi connectivity index (χ1) is 13.8.